The van der Waals surface area contributed by atoms with Crippen molar-refractivity contribution in [2.75, 3.05) is 13.2 Å². The van der Waals surface area contributed by atoms with Crippen LogP contribution in [0.2, 0.25) is 0 Å². The first-order chi connectivity index (χ1) is 11.8. The number of pyridine rings is 1. The molecule has 2 N–H and O–H groups in total. The lowest BCUT2D eigenvalue weighted by molar-refractivity contribution is -0.145. The molecule has 0 radical (unpaired) electrons. The fourth-order valence-electron chi connectivity index (χ4n) is 4.46. The second-order valence-electron chi connectivity index (χ2n) is 7.27. The maximum atomic E-state index is 13.2. The van der Waals surface area contributed by atoms with E-state index in [0.29, 0.717) is 50.1 Å². The maximum Gasteiger partial charge on any atom is 0.417 e. The van der Waals surface area contributed by atoms with Crippen molar-refractivity contribution in [2.45, 2.75) is 50.6 Å². The van der Waals surface area contributed by atoms with Gasteiger partial charge in [0.05, 0.1) is 17.1 Å². The Morgan fingerprint density at radius 1 is 1.37 bits per heavy atom. The number of aromatic nitrogens is 1. The van der Waals surface area contributed by atoms with Crippen molar-refractivity contribution in [3.8, 4) is 0 Å². The van der Waals surface area contributed by atoms with Crippen LogP contribution in [0, 0.1) is 5.41 Å². The molecule has 2 aliphatic heterocycles. The minimum atomic E-state index is -4.43. The minimum Gasteiger partial charge on any atom is -0.377 e. The molecule has 1 amide bonds. The highest BCUT2D eigenvalue weighted by atomic mass is 35.5. The summed E-state index contributed by atoms with van der Waals surface area (Å²) in [6.45, 7) is 1.16. The van der Waals surface area contributed by atoms with Gasteiger partial charge in [0.2, 0.25) is 5.91 Å². The zero-order valence-corrected chi connectivity index (χ0v) is 16.1. The van der Waals surface area contributed by atoms with Gasteiger partial charge in [-0.25, -0.2) is 0 Å². The zero-order valence-electron chi connectivity index (χ0n) is 14.5. The molecule has 1 saturated heterocycles. The fraction of sp³-hybridized carbons (Fsp3) is 0.647. The van der Waals surface area contributed by atoms with Gasteiger partial charge in [0.25, 0.3) is 0 Å². The summed E-state index contributed by atoms with van der Waals surface area (Å²) in [5.41, 5.74) is 5.77. The molecule has 1 aromatic rings. The van der Waals surface area contributed by atoms with E-state index in [4.69, 9.17) is 10.5 Å². The number of halogens is 5. The van der Waals surface area contributed by atoms with E-state index in [-0.39, 0.29) is 49.4 Å². The van der Waals surface area contributed by atoms with Crippen molar-refractivity contribution in [2.24, 2.45) is 11.1 Å². The molecule has 1 aromatic heterocycles. The number of nitrogens with zero attached hydrogens (tertiary/aromatic N) is 2. The molecule has 0 unspecified atom stereocenters. The molecule has 152 valence electrons. The number of fused-ring (bicyclic) bond motifs is 2. The van der Waals surface area contributed by atoms with E-state index >= 15 is 0 Å². The summed E-state index contributed by atoms with van der Waals surface area (Å²) in [6, 6.07) is 1.05. The van der Waals surface area contributed by atoms with Crippen molar-refractivity contribution in [1.82, 2.24) is 9.88 Å². The average molecular weight is 428 g/mol. The van der Waals surface area contributed by atoms with Crippen LogP contribution in [0.3, 0.4) is 0 Å². The van der Waals surface area contributed by atoms with Crippen LogP contribution in [-0.2, 0) is 28.7 Å². The minimum absolute atomic E-state index is 0. The molecule has 0 spiro atoms. The summed E-state index contributed by atoms with van der Waals surface area (Å²) in [7, 11) is 0. The molecule has 10 heteroatoms. The van der Waals surface area contributed by atoms with E-state index in [1.165, 1.54) is 0 Å². The van der Waals surface area contributed by atoms with Crippen LogP contribution in [0.25, 0.3) is 0 Å². The number of ether oxygens (including phenoxy) is 1. The van der Waals surface area contributed by atoms with Gasteiger partial charge in [-0.2, -0.15) is 13.2 Å². The molecule has 5 nitrogen and oxygen atoms in total. The van der Waals surface area contributed by atoms with Gasteiger partial charge in [0, 0.05) is 44.0 Å². The van der Waals surface area contributed by atoms with Crippen LogP contribution < -0.4 is 5.73 Å². The lowest BCUT2D eigenvalue weighted by Crippen LogP contribution is -2.48. The van der Waals surface area contributed by atoms with Gasteiger partial charge in [0.1, 0.15) is 0 Å². The van der Waals surface area contributed by atoms with Gasteiger partial charge in [-0.05, 0) is 30.9 Å². The second kappa shape index (κ2) is 7.73. The smallest absolute Gasteiger partial charge is 0.377 e. The molecule has 0 aromatic carbocycles. The Hall–Kier alpha value is -1.09. The quantitative estimate of drug-likeness (QED) is 0.747. The highest BCUT2D eigenvalue weighted by molar-refractivity contribution is 5.86. The number of amides is 1. The summed E-state index contributed by atoms with van der Waals surface area (Å²) in [5, 5.41) is 0. The van der Waals surface area contributed by atoms with Crippen LogP contribution in [0.4, 0.5) is 13.2 Å². The Bertz CT molecular complexity index is 719. The van der Waals surface area contributed by atoms with Gasteiger partial charge in [-0.1, -0.05) is 0 Å². The number of hydrogen-bond acceptors (Lipinski definition) is 4. The Balaban J connectivity index is 0.00000131. The number of hydrogen-bond donors (Lipinski definition) is 1. The van der Waals surface area contributed by atoms with Crippen molar-refractivity contribution < 1.29 is 22.7 Å². The van der Waals surface area contributed by atoms with Gasteiger partial charge >= 0.3 is 6.18 Å². The fourth-order valence-corrected chi connectivity index (χ4v) is 4.46. The third-order valence-corrected chi connectivity index (χ3v) is 5.71. The van der Waals surface area contributed by atoms with Crippen molar-refractivity contribution in [3.63, 3.8) is 0 Å². The number of alkyl halides is 3. The van der Waals surface area contributed by atoms with E-state index in [1.807, 2.05) is 0 Å². The summed E-state index contributed by atoms with van der Waals surface area (Å²) in [6.07, 6.45) is -1.39. The number of carbonyl (C=O) groups excluding carboxylic acids is 1. The van der Waals surface area contributed by atoms with Crippen LogP contribution in [0.1, 0.15) is 36.1 Å². The largest absolute Gasteiger partial charge is 0.417 e. The number of rotatable bonds is 1. The molecule has 3 heterocycles. The molecule has 4 rings (SSSR count). The van der Waals surface area contributed by atoms with Crippen molar-refractivity contribution in [1.29, 1.82) is 0 Å². The van der Waals surface area contributed by atoms with Gasteiger partial charge in [-0.15, -0.1) is 24.8 Å². The van der Waals surface area contributed by atoms with Crippen LogP contribution in [0.15, 0.2) is 12.3 Å². The normalized spacial score (nSPS) is 29.4. The van der Waals surface area contributed by atoms with Crippen LogP contribution >= 0.6 is 24.8 Å². The molecule has 3 atom stereocenters. The predicted octanol–water partition coefficient (Wildman–Crippen LogP) is 2.73. The Morgan fingerprint density at radius 3 is 2.81 bits per heavy atom. The highest BCUT2D eigenvalue weighted by Gasteiger charge is 2.56. The molecule has 1 saturated carbocycles. The molecule has 27 heavy (non-hydrogen) atoms. The molecule has 2 fully saturated rings. The van der Waals surface area contributed by atoms with E-state index in [1.54, 1.807) is 4.90 Å². The lowest BCUT2D eigenvalue weighted by atomic mass is 9.80. The molecule has 3 aliphatic rings. The highest BCUT2D eigenvalue weighted by Crippen LogP contribution is 2.48. The average Bonchev–Trinajstić information content (AvgIpc) is 3.09. The third kappa shape index (κ3) is 3.77. The van der Waals surface area contributed by atoms with Crippen molar-refractivity contribution >= 4 is 30.7 Å². The summed E-state index contributed by atoms with van der Waals surface area (Å²) < 4.78 is 44.5. The first kappa shape index (κ1) is 22.2. The van der Waals surface area contributed by atoms with E-state index in [0.717, 1.165) is 12.3 Å². The van der Waals surface area contributed by atoms with Gasteiger partial charge in [0.15, 0.2) is 0 Å². The Morgan fingerprint density at radius 2 is 2.11 bits per heavy atom. The first-order valence-electron chi connectivity index (χ1n) is 8.51. The molecular formula is C17H22Cl2F3N3O2. The van der Waals surface area contributed by atoms with E-state index in [9.17, 15) is 18.0 Å². The standard InChI is InChI=1S/C17H20F3N3O2.2ClH/c18-17(19,20)11-5-10-9-23(3-1-13(10)22-8-11)15(24)16-2-4-25-14(16)6-12(21)7-16;;/h5,8,12,14H,1-4,6-7,9,21H2;2*1H/t12-,14-,16-;;/m1../s1. The SMILES string of the molecule is Cl.Cl.N[C@@H]1C[C@H]2OCC[C@@]2(C(=O)N2CCc3ncc(C(F)(F)F)cc3C2)C1. The van der Waals surface area contributed by atoms with Gasteiger partial charge in [-0.3, -0.25) is 9.78 Å². The number of carbonyl (C=O) groups is 1. The molecule has 0 bridgehead atoms. The Kier molecular flexibility index (Phi) is 6.36. The van der Waals surface area contributed by atoms with E-state index < -0.39 is 17.2 Å². The predicted molar refractivity (Wildman–Crippen MR) is 96.9 cm³/mol. The lowest BCUT2D eigenvalue weighted by Gasteiger charge is -2.36. The third-order valence-electron chi connectivity index (χ3n) is 5.71. The summed E-state index contributed by atoms with van der Waals surface area (Å²) in [5.74, 6) is -0.0361. The van der Waals surface area contributed by atoms with Crippen molar-refractivity contribution in [3.05, 3.63) is 29.1 Å². The maximum absolute atomic E-state index is 13.2. The molecular weight excluding hydrogens is 406 g/mol. The zero-order chi connectivity index (χ0) is 17.8. The number of nitrogens with two attached hydrogens (primary N) is 1. The second-order valence-corrected chi connectivity index (χ2v) is 7.27. The van der Waals surface area contributed by atoms with Crippen LogP contribution in [-0.4, -0.2) is 41.1 Å². The first-order valence-corrected chi connectivity index (χ1v) is 8.51. The Labute approximate surface area is 167 Å². The monoisotopic (exact) mass is 427 g/mol. The van der Waals surface area contributed by atoms with Gasteiger partial charge < -0.3 is 15.4 Å². The summed E-state index contributed by atoms with van der Waals surface area (Å²) in [4.78, 5) is 18.8. The van der Waals surface area contributed by atoms with E-state index in [2.05, 4.69) is 4.98 Å². The topological polar surface area (TPSA) is 68.5 Å². The van der Waals surface area contributed by atoms with Crippen LogP contribution in [0.5, 0.6) is 0 Å². The molecule has 1 aliphatic carbocycles. The summed E-state index contributed by atoms with van der Waals surface area (Å²) >= 11 is 0.